The molecule has 2 N–H and O–H groups in total. The molecule has 0 radical (unpaired) electrons. The SMILES string of the molecule is Cl.N[C@@H]1CN(C(=O)Cc2cc(Cl)c3c(c2)OCCO3)C[C@H]1c1ccccc1. The average Bonchev–Trinajstić information content (AvgIpc) is 3.04. The van der Waals surface area contributed by atoms with Crippen molar-refractivity contribution >= 4 is 29.9 Å². The van der Waals surface area contributed by atoms with Crippen molar-refractivity contribution in [2.45, 2.75) is 18.4 Å². The normalized spacial score (nSPS) is 20.9. The van der Waals surface area contributed by atoms with Gasteiger partial charge < -0.3 is 20.1 Å². The quantitative estimate of drug-likeness (QED) is 0.847. The van der Waals surface area contributed by atoms with E-state index in [1.807, 2.05) is 29.2 Å². The van der Waals surface area contributed by atoms with Gasteiger partial charge in [0.25, 0.3) is 0 Å². The number of rotatable bonds is 3. The van der Waals surface area contributed by atoms with Gasteiger partial charge >= 0.3 is 0 Å². The summed E-state index contributed by atoms with van der Waals surface area (Å²) < 4.78 is 11.1. The number of hydrogen-bond acceptors (Lipinski definition) is 4. The molecule has 2 aliphatic heterocycles. The van der Waals surface area contributed by atoms with Crippen LogP contribution in [0.5, 0.6) is 11.5 Å². The van der Waals surface area contributed by atoms with E-state index in [0.717, 1.165) is 5.56 Å². The first-order valence-corrected chi connectivity index (χ1v) is 9.16. The topological polar surface area (TPSA) is 64.8 Å². The molecule has 1 fully saturated rings. The number of likely N-dealkylation sites (tertiary alicyclic amines) is 1. The van der Waals surface area contributed by atoms with Crippen LogP contribution in [0.1, 0.15) is 17.0 Å². The average molecular weight is 409 g/mol. The van der Waals surface area contributed by atoms with Crippen LogP contribution in [-0.4, -0.2) is 43.2 Å². The van der Waals surface area contributed by atoms with Gasteiger partial charge in [0, 0.05) is 25.0 Å². The summed E-state index contributed by atoms with van der Waals surface area (Å²) in [7, 11) is 0. The van der Waals surface area contributed by atoms with E-state index in [4.69, 9.17) is 26.8 Å². The van der Waals surface area contributed by atoms with Gasteiger partial charge in [-0.25, -0.2) is 0 Å². The maximum absolute atomic E-state index is 12.8. The molecule has 0 aromatic heterocycles. The number of carbonyl (C=O) groups excluding carboxylic acids is 1. The highest BCUT2D eigenvalue weighted by Crippen LogP contribution is 2.38. The Morgan fingerprint density at radius 2 is 1.89 bits per heavy atom. The lowest BCUT2D eigenvalue weighted by atomic mass is 9.95. The molecular formula is C20H22Cl2N2O3. The molecule has 0 spiro atoms. The number of amides is 1. The van der Waals surface area contributed by atoms with Crippen molar-refractivity contribution in [3.05, 3.63) is 58.6 Å². The second-order valence-corrected chi connectivity index (χ2v) is 7.17. The van der Waals surface area contributed by atoms with Crippen molar-refractivity contribution in [2.75, 3.05) is 26.3 Å². The van der Waals surface area contributed by atoms with Gasteiger partial charge in [0.1, 0.15) is 13.2 Å². The van der Waals surface area contributed by atoms with Gasteiger partial charge in [0.2, 0.25) is 5.91 Å². The highest BCUT2D eigenvalue weighted by atomic mass is 35.5. The number of nitrogens with two attached hydrogens (primary N) is 1. The Morgan fingerprint density at radius 1 is 1.15 bits per heavy atom. The predicted molar refractivity (Wildman–Crippen MR) is 107 cm³/mol. The first kappa shape index (κ1) is 19.8. The monoisotopic (exact) mass is 408 g/mol. The maximum atomic E-state index is 12.8. The number of ether oxygens (including phenoxy) is 2. The Labute approximate surface area is 169 Å². The van der Waals surface area contributed by atoms with Crippen LogP contribution >= 0.6 is 24.0 Å². The van der Waals surface area contributed by atoms with Crippen LogP contribution in [0.15, 0.2) is 42.5 Å². The molecule has 2 atom stereocenters. The second-order valence-electron chi connectivity index (χ2n) is 6.76. The van der Waals surface area contributed by atoms with E-state index in [0.29, 0.717) is 42.8 Å². The molecule has 0 aliphatic carbocycles. The van der Waals surface area contributed by atoms with Gasteiger partial charge in [-0.3, -0.25) is 4.79 Å². The van der Waals surface area contributed by atoms with Crippen molar-refractivity contribution in [3.8, 4) is 11.5 Å². The van der Waals surface area contributed by atoms with Gasteiger partial charge in [0.05, 0.1) is 11.4 Å². The molecule has 2 aromatic rings. The van der Waals surface area contributed by atoms with Crippen molar-refractivity contribution in [1.29, 1.82) is 0 Å². The highest BCUT2D eigenvalue weighted by molar-refractivity contribution is 6.32. The summed E-state index contributed by atoms with van der Waals surface area (Å²) in [5.74, 6) is 1.38. The molecule has 1 saturated heterocycles. The molecule has 7 heteroatoms. The Hall–Kier alpha value is -1.95. The van der Waals surface area contributed by atoms with Crippen LogP contribution in [-0.2, 0) is 11.2 Å². The molecule has 2 aliphatic rings. The van der Waals surface area contributed by atoms with E-state index < -0.39 is 0 Å². The Balaban J connectivity index is 0.00000210. The zero-order valence-electron chi connectivity index (χ0n) is 14.8. The standard InChI is InChI=1S/C20H21ClN2O3.ClH/c21-16-8-13(9-18-20(16)26-7-6-25-18)10-19(24)23-11-15(17(22)12-23)14-4-2-1-3-5-14;/h1-5,8-9,15,17H,6-7,10-12,22H2;1H/t15-,17+;/m0./s1. The minimum Gasteiger partial charge on any atom is -0.486 e. The van der Waals surface area contributed by atoms with Crippen molar-refractivity contribution in [2.24, 2.45) is 5.73 Å². The molecule has 0 bridgehead atoms. The molecule has 27 heavy (non-hydrogen) atoms. The zero-order chi connectivity index (χ0) is 18.1. The first-order valence-electron chi connectivity index (χ1n) is 8.78. The summed E-state index contributed by atoms with van der Waals surface area (Å²) in [6.45, 7) is 2.18. The van der Waals surface area contributed by atoms with Crippen LogP contribution < -0.4 is 15.2 Å². The van der Waals surface area contributed by atoms with Gasteiger partial charge in [0.15, 0.2) is 11.5 Å². The minimum absolute atomic E-state index is 0. The predicted octanol–water partition coefficient (Wildman–Crippen LogP) is 3.03. The van der Waals surface area contributed by atoms with Crippen LogP contribution in [0.2, 0.25) is 5.02 Å². The molecule has 144 valence electrons. The lowest BCUT2D eigenvalue weighted by Crippen LogP contribution is -2.33. The number of hydrogen-bond donors (Lipinski definition) is 1. The Kier molecular flexibility index (Phi) is 6.15. The van der Waals surface area contributed by atoms with Gasteiger partial charge in [-0.15, -0.1) is 12.4 Å². The van der Waals surface area contributed by atoms with Gasteiger partial charge in [-0.05, 0) is 23.3 Å². The molecule has 5 nitrogen and oxygen atoms in total. The van der Waals surface area contributed by atoms with Gasteiger partial charge in [-0.1, -0.05) is 41.9 Å². The number of halogens is 2. The molecular weight excluding hydrogens is 387 g/mol. The molecule has 4 rings (SSSR count). The van der Waals surface area contributed by atoms with Crippen molar-refractivity contribution < 1.29 is 14.3 Å². The number of nitrogens with zero attached hydrogens (tertiary/aromatic N) is 1. The fraction of sp³-hybridized carbons (Fsp3) is 0.350. The summed E-state index contributed by atoms with van der Waals surface area (Å²) in [6.07, 6.45) is 0.268. The summed E-state index contributed by atoms with van der Waals surface area (Å²) in [5, 5.41) is 0.477. The largest absolute Gasteiger partial charge is 0.486 e. The smallest absolute Gasteiger partial charge is 0.227 e. The summed E-state index contributed by atoms with van der Waals surface area (Å²) in [4.78, 5) is 14.6. The summed E-state index contributed by atoms with van der Waals surface area (Å²) in [6, 6.07) is 13.7. The molecule has 2 aromatic carbocycles. The van der Waals surface area contributed by atoms with E-state index in [2.05, 4.69) is 12.1 Å². The number of carbonyl (C=O) groups is 1. The van der Waals surface area contributed by atoms with E-state index in [1.165, 1.54) is 5.56 Å². The molecule has 0 saturated carbocycles. The second kappa shape index (κ2) is 8.38. The van der Waals surface area contributed by atoms with E-state index >= 15 is 0 Å². The fourth-order valence-corrected chi connectivity index (χ4v) is 3.93. The van der Waals surface area contributed by atoms with Gasteiger partial charge in [-0.2, -0.15) is 0 Å². The third kappa shape index (κ3) is 4.15. The third-order valence-electron chi connectivity index (χ3n) is 4.96. The molecule has 1 amide bonds. The van der Waals surface area contributed by atoms with Crippen LogP contribution in [0.3, 0.4) is 0 Å². The summed E-state index contributed by atoms with van der Waals surface area (Å²) in [5.41, 5.74) is 8.30. The first-order chi connectivity index (χ1) is 12.6. The maximum Gasteiger partial charge on any atom is 0.227 e. The minimum atomic E-state index is -0.0507. The number of fused-ring (bicyclic) bond motifs is 1. The highest BCUT2D eigenvalue weighted by Gasteiger charge is 2.33. The fourth-order valence-electron chi connectivity index (χ4n) is 3.64. The Morgan fingerprint density at radius 3 is 2.67 bits per heavy atom. The Bertz CT molecular complexity index is 816. The van der Waals surface area contributed by atoms with Crippen LogP contribution in [0, 0.1) is 0 Å². The van der Waals surface area contributed by atoms with Crippen LogP contribution in [0.4, 0.5) is 0 Å². The van der Waals surface area contributed by atoms with Crippen molar-refractivity contribution in [3.63, 3.8) is 0 Å². The lowest BCUT2D eigenvalue weighted by Gasteiger charge is -2.21. The van der Waals surface area contributed by atoms with Crippen LogP contribution in [0.25, 0.3) is 0 Å². The lowest BCUT2D eigenvalue weighted by molar-refractivity contribution is -0.129. The third-order valence-corrected chi connectivity index (χ3v) is 5.24. The van der Waals surface area contributed by atoms with E-state index in [-0.39, 0.29) is 36.7 Å². The molecule has 0 unspecified atom stereocenters. The number of benzene rings is 2. The molecule has 2 heterocycles. The zero-order valence-corrected chi connectivity index (χ0v) is 16.3. The van der Waals surface area contributed by atoms with Crippen molar-refractivity contribution in [1.82, 2.24) is 4.90 Å². The summed E-state index contributed by atoms with van der Waals surface area (Å²) >= 11 is 6.27. The van der Waals surface area contributed by atoms with E-state index in [9.17, 15) is 4.79 Å². The van der Waals surface area contributed by atoms with E-state index in [1.54, 1.807) is 6.07 Å².